The lowest BCUT2D eigenvalue weighted by Crippen LogP contribution is -2.28. The number of rotatable bonds is 7. The van der Waals surface area contributed by atoms with Gasteiger partial charge in [0.15, 0.2) is 6.61 Å². The van der Waals surface area contributed by atoms with Gasteiger partial charge in [-0.25, -0.2) is 0 Å². The van der Waals surface area contributed by atoms with E-state index in [0.29, 0.717) is 28.8 Å². The van der Waals surface area contributed by atoms with Crippen LogP contribution in [0.5, 0.6) is 5.75 Å². The zero-order valence-corrected chi connectivity index (χ0v) is 17.7. The molecule has 2 aromatic carbocycles. The molecule has 158 valence electrons. The van der Waals surface area contributed by atoms with E-state index in [0.717, 1.165) is 0 Å². The summed E-state index contributed by atoms with van der Waals surface area (Å²) in [4.78, 5) is 38.2. The molecule has 0 unspecified atom stereocenters. The van der Waals surface area contributed by atoms with Crippen LogP contribution in [0.1, 0.15) is 13.3 Å². The molecule has 1 atom stereocenters. The Balaban J connectivity index is 1.53. The summed E-state index contributed by atoms with van der Waals surface area (Å²) in [7, 11) is 0. The van der Waals surface area contributed by atoms with Gasteiger partial charge in [-0.2, -0.15) is 0 Å². The van der Waals surface area contributed by atoms with Crippen LogP contribution in [0.25, 0.3) is 0 Å². The number of amides is 2. The number of carbonyl (C=O) groups excluding carboxylic acids is 3. The first-order valence-corrected chi connectivity index (χ1v) is 10.1. The molecule has 0 saturated carbocycles. The Kier molecular flexibility index (Phi) is 7.18. The second-order valence-corrected chi connectivity index (χ2v) is 7.37. The predicted molar refractivity (Wildman–Crippen MR) is 114 cm³/mol. The summed E-state index contributed by atoms with van der Waals surface area (Å²) in [6, 6.07) is 11.9. The maximum absolute atomic E-state index is 12.3. The monoisotopic (exact) mass is 450 g/mol. The maximum atomic E-state index is 12.3. The van der Waals surface area contributed by atoms with E-state index in [1.165, 1.54) is 4.90 Å². The molecule has 2 amide bonds. The molecule has 0 bridgehead atoms. The van der Waals surface area contributed by atoms with Gasteiger partial charge in [0.1, 0.15) is 5.75 Å². The van der Waals surface area contributed by atoms with E-state index in [9.17, 15) is 14.4 Å². The number of anilines is 2. The Bertz CT molecular complexity index is 949. The van der Waals surface area contributed by atoms with Crippen LogP contribution in [0.15, 0.2) is 42.5 Å². The Morgan fingerprint density at radius 2 is 1.90 bits per heavy atom. The Morgan fingerprint density at radius 3 is 2.60 bits per heavy atom. The summed E-state index contributed by atoms with van der Waals surface area (Å²) in [5, 5.41) is 3.03. The van der Waals surface area contributed by atoms with E-state index in [2.05, 4.69) is 5.32 Å². The highest BCUT2D eigenvalue weighted by Crippen LogP contribution is 2.30. The van der Waals surface area contributed by atoms with E-state index in [1.807, 2.05) is 6.92 Å². The van der Waals surface area contributed by atoms with E-state index in [4.69, 9.17) is 32.7 Å². The minimum Gasteiger partial charge on any atom is -0.494 e. The molecule has 0 aromatic heterocycles. The van der Waals surface area contributed by atoms with Crippen LogP contribution in [0.4, 0.5) is 11.4 Å². The number of ether oxygens (including phenoxy) is 2. The fourth-order valence-corrected chi connectivity index (χ4v) is 3.39. The van der Waals surface area contributed by atoms with Crippen LogP contribution >= 0.6 is 23.2 Å². The topological polar surface area (TPSA) is 84.9 Å². The summed E-state index contributed by atoms with van der Waals surface area (Å²) in [6.45, 7) is 2.13. The van der Waals surface area contributed by atoms with Crippen LogP contribution in [0.3, 0.4) is 0 Å². The minimum atomic E-state index is -0.647. The zero-order chi connectivity index (χ0) is 21.7. The first-order chi connectivity index (χ1) is 14.4. The molecule has 0 spiro atoms. The van der Waals surface area contributed by atoms with Crippen molar-refractivity contribution in [3.63, 3.8) is 0 Å². The highest BCUT2D eigenvalue weighted by molar-refractivity contribution is 6.44. The van der Waals surface area contributed by atoms with Gasteiger partial charge in [-0.05, 0) is 43.3 Å². The molecule has 2 aromatic rings. The summed E-state index contributed by atoms with van der Waals surface area (Å²) in [5.74, 6) is -1.29. The second-order valence-electron chi connectivity index (χ2n) is 6.59. The van der Waals surface area contributed by atoms with E-state index in [-0.39, 0.29) is 23.9 Å². The maximum Gasteiger partial charge on any atom is 0.311 e. The average molecular weight is 451 g/mol. The minimum absolute atomic E-state index is 0.0216. The van der Waals surface area contributed by atoms with Gasteiger partial charge in [0.2, 0.25) is 5.91 Å². The number of nitrogens with zero attached hydrogens (tertiary/aromatic N) is 1. The van der Waals surface area contributed by atoms with Gasteiger partial charge in [-0.15, -0.1) is 0 Å². The van der Waals surface area contributed by atoms with E-state index in [1.54, 1.807) is 42.5 Å². The van der Waals surface area contributed by atoms with Crippen molar-refractivity contribution in [3.05, 3.63) is 52.5 Å². The molecular weight excluding hydrogens is 431 g/mol. The number of hydrogen-bond donors (Lipinski definition) is 1. The van der Waals surface area contributed by atoms with Gasteiger partial charge >= 0.3 is 5.97 Å². The third-order valence-electron chi connectivity index (χ3n) is 4.49. The summed E-state index contributed by atoms with van der Waals surface area (Å²) < 4.78 is 10.5. The number of esters is 1. The Labute approximate surface area is 183 Å². The fourth-order valence-electron chi connectivity index (χ4n) is 3.05. The lowest BCUT2D eigenvalue weighted by molar-refractivity contribution is -0.151. The third kappa shape index (κ3) is 5.23. The molecule has 7 nitrogen and oxygen atoms in total. The lowest BCUT2D eigenvalue weighted by Gasteiger charge is -2.17. The van der Waals surface area contributed by atoms with Crippen LogP contribution in [0.2, 0.25) is 10.0 Å². The van der Waals surface area contributed by atoms with Crippen molar-refractivity contribution in [2.24, 2.45) is 5.92 Å². The van der Waals surface area contributed by atoms with Crippen LogP contribution in [0, 0.1) is 5.92 Å². The largest absolute Gasteiger partial charge is 0.494 e. The standard InChI is InChI=1S/C21H20Cl2N2O5/c1-2-29-15-8-6-14(7-9-15)25-11-13(10-19(25)27)21(28)30-12-18(26)24-17-5-3-4-16(22)20(17)23/h3-9,13H,2,10-12H2,1H3,(H,24,26)/t13-/m1/s1. The van der Waals surface area contributed by atoms with Gasteiger partial charge < -0.3 is 19.7 Å². The Morgan fingerprint density at radius 1 is 1.17 bits per heavy atom. The lowest BCUT2D eigenvalue weighted by atomic mass is 10.1. The van der Waals surface area contributed by atoms with Crippen molar-refractivity contribution in [2.75, 3.05) is 30.0 Å². The first kappa shape index (κ1) is 21.9. The van der Waals surface area contributed by atoms with Crippen LogP contribution in [-0.2, 0) is 19.1 Å². The summed E-state index contributed by atoms with van der Waals surface area (Å²) in [5.41, 5.74) is 0.995. The van der Waals surface area contributed by atoms with Crippen molar-refractivity contribution >= 4 is 52.4 Å². The smallest absolute Gasteiger partial charge is 0.311 e. The molecule has 1 N–H and O–H groups in total. The number of halogens is 2. The molecule has 9 heteroatoms. The van der Waals surface area contributed by atoms with Gasteiger partial charge in [-0.1, -0.05) is 29.3 Å². The summed E-state index contributed by atoms with van der Waals surface area (Å²) in [6.07, 6.45) is 0.0216. The van der Waals surface area contributed by atoms with Gasteiger partial charge in [0.05, 0.1) is 28.3 Å². The Hall–Kier alpha value is -2.77. The van der Waals surface area contributed by atoms with Crippen molar-refractivity contribution in [1.29, 1.82) is 0 Å². The molecule has 1 saturated heterocycles. The quantitative estimate of drug-likeness (QED) is 0.645. The normalized spacial score (nSPS) is 15.8. The SMILES string of the molecule is CCOc1ccc(N2C[C@H](C(=O)OCC(=O)Nc3cccc(Cl)c3Cl)CC2=O)cc1. The van der Waals surface area contributed by atoms with Gasteiger partial charge in [0, 0.05) is 18.7 Å². The second kappa shape index (κ2) is 9.82. The number of carbonyl (C=O) groups is 3. The van der Waals surface area contributed by atoms with Crippen molar-refractivity contribution in [2.45, 2.75) is 13.3 Å². The molecule has 3 rings (SSSR count). The molecule has 0 aliphatic carbocycles. The number of hydrogen-bond acceptors (Lipinski definition) is 5. The molecule has 1 aliphatic rings. The highest BCUT2D eigenvalue weighted by atomic mass is 35.5. The molecule has 0 radical (unpaired) electrons. The fraction of sp³-hybridized carbons (Fsp3) is 0.286. The number of nitrogens with one attached hydrogen (secondary N) is 1. The third-order valence-corrected chi connectivity index (χ3v) is 5.31. The number of benzene rings is 2. The van der Waals surface area contributed by atoms with Crippen molar-refractivity contribution < 1.29 is 23.9 Å². The van der Waals surface area contributed by atoms with E-state index >= 15 is 0 Å². The van der Waals surface area contributed by atoms with Crippen molar-refractivity contribution in [3.8, 4) is 5.75 Å². The van der Waals surface area contributed by atoms with Gasteiger partial charge in [0.25, 0.3) is 5.91 Å². The molecule has 1 aliphatic heterocycles. The van der Waals surface area contributed by atoms with Crippen LogP contribution in [-0.4, -0.2) is 37.5 Å². The highest BCUT2D eigenvalue weighted by Gasteiger charge is 2.36. The van der Waals surface area contributed by atoms with Crippen molar-refractivity contribution in [1.82, 2.24) is 0 Å². The molecule has 1 fully saturated rings. The first-order valence-electron chi connectivity index (χ1n) is 9.32. The molecule has 30 heavy (non-hydrogen) atoms. The molecular formula is C21H20Cl2N2O5. The average Bonchev–Trinajstić information content (AvgIpc) is 3.12. The van der Waals surface area contributed by atoms with E-state index < -0.39 is 24.4 Å². The van der Waals surface area contributed by atoms with Crippen LogP contribution < -0.4 is 15.0 Å². The predicted octanol–water partition coefficient (Wildman–Crippen LogP) is 3.93. The zero-order valence-electron chi connectivity index (χ0n) is 16.2. The summed E-state index contributed by atoms with van der Waals surface area (Å²) >= 11 is 11.9. The molecule has 1 heterocycles. The van der Waals surface area contributed by atoms with Gasteiger partial charge in [-0.3, -0.25) is 14.4 Å².